The topological polar surface area (TPSA) is 62.2 Å². The smallest absolute Gasteiger partial charge is 0.347 e. The number of hydrogen-bond acceptors (Lipinski definition) is 4. The lowest BCUT2D eigenvalue weighted by atomic mass is 10.3. The number of nitrogens with one attached hydrogen (secondary N) is 1. The van der Waals surface area contributed by atoms with E-state index in [4.69, 9.17) is 5.11 Å². The van der Waals surface area contributed by atoms with E-state index in [-0.39, 0.29) is 0 Å². The van der Waals surface area contributed by atoms with E-state index in [1.54, 1.807) is 6.92 Å². The minimum absolute atomic E-state index is 0.316. The summed E-state index contributed by atoms with van der Waals surface area (Å²) in [5.41, 5.74) is 0.577. The largest absolute Gasteiger partial charge is 0.477 e. The molecule has 1 atom stereocenters. The number of carbonyl (C=O) groups is 1. The second kappa shape index (κ2) is 4.41. The quantitative estimate of drug-likeness (QED) is 0.807. The molecule has 0 saturated carbocycles. The van der Waals surface area contributed by atoms with Gasteiger partial charge in [-0.25, -0.2) is 9.78 Å². The van der Waals surface area contributed by atoms with E-state index in [2.05, 4.69) is 17.2 Å². The van der Waals surface area contributed by atoms with Crippen LogP contribution in [-0.2, 0) is 0 Å². The number of aryl methyl sites for hydroxylation is 1. The Labute approximate surface area is 87.0 Å². The second-order valence-electron chi connectivity index (χ2n) is 3.19. The Morgan fingerprint density at radius 2 is 2.36 bits per heavy atom. The summed E-state index contributed by atoms with van der Waals surface area (Å²) in [6, 6.07) is 0.321. The summed E-state index contributed by atoms with van der Waals surface area (Å²) in [5.74, 6) is -0.905. The highest BCUT2D eigenvalue weighted by molar-refractivity contribution is 7.17. The molecule has 4 nitrogen and oxygen atoms in total. The average molecular weight is 214 g/mol. The van der Waals surface area contributed by atoms with Gasteiger partial charge < -0.3 is 10.4 Å². The van der Waals surface area contributed by atoms with Crippen molar-refractivity contribution in [1.82, 2.24) is 4.98 Å². The monoisotopic (exact) mass is 214 g/mol. The molecule has 0 radical (unpaired) electrons. The van der Waals surface area contributed by atoms with Crippen LogP contribution in [0.15, 0.2) is 0 Å². The van der Waals surface area contributed by atoms with Gasteiger partial charge in [-0.05, 0) is 20.3 Å². The van der Waals surface area contributed by atoms with E-state index < -0.39 is 5.97 Å². The predicted octanol–water partition coefficient (Wildman–Crippen LogP) is 2.36. The molecule has 0 aliphatic rings. The first kappa shape index (κ1) is 11.0. The maximum atomic E-state index is 10.7. The van der Waals surface area contributed by atoms with Gasteiger partial charge in [-0.1, -0.05) is 18.3 Å². The van der Waals surface area contributed by atoms with Gasteiger partial charge in [0, 0.05) is 6.04 Å². The molecular weight excluding hydrogens is 200 g/mol. The van der Waals surface area contributed by atoms with Crippen molar-refractivity contribution in [1.29, 1.82) is 0 Å². The van der Waals surface area contributed by atoms with Crippen molar-refractivity contribution in [2.24, 2.45) is 0 Å². The molecule has 5 heteroatoms. The van der Waals surface area contributed by atoms with Gasteiger partial charge in [-0.15, -0.1) is 0 Å². The van der Waals surface area contributed by atoms with Gasteiger partial charge in [0.2, 0.25) is 0 Å². The van der Waals surface area contributed by atoms with Crippen molar-refractivity contribution in [3.63, 3.8) is 0 Å². The summed E-state index contributed by atoms with van der Waals surface area (Å²) < 4.78 is 0. The molecule has 0 fully saturated rings. The fourth-order valence-electron chi connectivity index (χ4n) is 0.969. The molecule has 1 heterocycles. The average Bonchev–Trinajstić information content (AvgIpc) is 2.46. The Morgan fingerprint density at radius 1 is 1.71 bits per heavy atom. The minimum atomic E-state index is -0.905. The van der Waals surface area contributed by atoms with Crippen LogP contribution < -0.4 is 5.32 Å². The molecule has 0 saturated heterocycles. The lowest BCUT2D eigenvalue weighted by Gasteiger charge is -2.08. The summed E-state index contributed by atoms with van der Waals surface area (Å²) in [4.78, 5) is 15.2. The summed E-state index contributed by atoms with van der Waals surface area (Å²) in [6.07, 6.45) is 0.987. The van der Waals surface area contributed by atoms with E-state index in [0.717, 1.165) is 6.42 Å². The van der Waals surface area contributed by atoms with Crippen LogP contribution in [0.4, 0.5) is 5.13 Å². The van der Waals surface area contributed by atoms with Gasteiger partial charge in [-0.2, -0.15) is 0 Å². The molecule has 0 amide bonds. The normalized spacial score (nSPS) is 12.5. The van der Waals surface area contributed by atoms with Crippen molar-refractivity contribution in [2.75, 3.05) is 5.32 Å². The van der Waals surface area contributed by atoms with Gasteiger partial charge in [0.1, 0.15) is 4.88 Å². The molecule has 1 aromatic rings. The number of thiazole rings is 1. The van der Waals surface area contributed by atoms with Gasteiger partial charge in [0.15, 0.2) is 5.13 Å². The Bertz CT molecular complexity index is 336. The third-order valence-corrected chi connectivity index (χ3v) is 3.05. The van der Waals surface area contributed by atoms with Crippen molar-refractivity contribution >= 4 is 22.4 Å². The first-order chi connectivity index (χ1) is 6.54. The highest BCUT2D eigenvalue weighted by Crippen LogP contribution is 2.23. The van der Waals surface area contributed by atoms with E-state index in [1.165, 1.54) is 11.3 Å². The zero-order chi connectivity index (χ0) is 10.7. The maximum Gasteiger partial charge on any atom is 0.347 e. The Morgan fingerprint density at radius 3 is 2.79 bits per heavy atom. The predicted molar refractivity (Wildman–Crippen MR) is 57.2 cm³/mol. The number of aromatic carboxylic acids is 1. The third-order valence-electron chi connectivity index (χ3n) is 1.97. The number of carboxylic acids is 1. The number of carboxylic acid groups (broad SMARTS) is 1. The standard InChI is InChI=1S/C9H14N2O2S/c1-4-5(2)10-9-11-6(3)7(14-9)8(12)13/h5H,4H2,1-3H3,(H,10,11)(H,12,13). The summed E-state index contributed by atoms with van der Waals surface area (Å²) in [5, 5.41) is 12.7. The fraction of sp³-hybridized carbons (Fsp3) is 0.556. The van der Waals surface area contributed by atoms with Crippen molar-refractivity contribution in [3.05, 3.63) is 10.6 Å². The minimum Gasteiger partial charge on any atom is -0.477 e. The van der Waals surface area contributed by atoms with Crippen LogP contribution >= 0.6 is 11.3 Å². The van der Waals surface area contributed by atoms with Crippen LogP contribution in [0.3, 0.4) is 0 Å². The molecule has 1 unspecified atom stereocenters. The maximum absolute atomic E-state index is 10.7. The first-order valence-electron chi connectivity index (χ1n) is 4.51. The Kier molecular flexibility index (Phi) is 3.46. The van der Waals surface area contributed by atoms with Gasteiger partial charge in [-0.3, -0.25) is 0 Å². The Balaban J connectivity index is 2.81. The zero-order valence-electron chi connectivity index (χ0n) is 8.50. The number of hydrogen-bond donors (Lipinski definition) is 2. The molecule has 0 aliphatic carbocycles. The van der Waals surface area contributed by atoms with Crippen LogP contribution in [0, 0.1) is 6.92 Å². The molecule has 0 aliphatic heterocycles. The second-order valence-corrected chi connectivity index (χ2v) is 4.19. The molecule has 78 valence electrons. The van der Waals surface area contributed by atoms with Crippen LogP contribution in [0.25, 0.3) is 0 Å². The van der Waals surface area contributed by atoms with Crippen molar-refractivity contribution in [2.45, 2.75) is 33.2 Å². The Hall–Kier alpha value is -1.10. The molecule has 2 N–H and O–H groups in total. The SMILES string of the molecule is CCC(C)Nc1nc(C)c(C(=O)O)s1. The third kappa shape index (κ3) is 2.45. The number of nitrogens with zero attached hydrogens (tertiary/aromatic N) is 1. The molecule has 0 bridgehead atoms. The molecule has 1 rings (SSSR count). The van der Waals surface area contributed by atoms with Gasteiger partial charge in [0.05, 0.1) is 5.69 Å². The first-order valence-corrected chi connectivity index (χ1v) is 5.33. The van der Waals surface area contributed by atoms with Crippen molar-refractivity contribution < 1.29 is 9.90 Å². The van der Waals surface area contributed by atoms with Gasteiger partial charge in [0.25, 0.3) is 0 Å². The molecule has 14 heavy (non-hydrogen) atoms. The molecule has 1 aromatic heterocycles. The van der Waals surface area contributed by atoms with E-state index >= 15 is 0 Å². The highest BCUT2D eigenvalue weighted by Gasteiger charge is 2.14. The van der Waals surface area contributed by atoms with E-state index in [1.807, 2.05) is 6.92 Å². The number of rotatable bonds is 4. The lowest BCUT2D eigenvalue weighted by molar-refractivity contribution is 0.0701. The number of aromatic nitrogens is 1. The van der Waals surface area contributed by atoms with Crippen LogP contribution in [0.5, 0.6) is 0 Å². The highest BCUT2D eigenvalue weighted by atomic mass is 32.1. The van der Waals surface area contributed by atoms with Crippen LogP contribution in [0.2, 0.25) is 0 Å². The zero-order valence-corrected chi connectivity index (χ0v) is 9.31. The summed E-state index contributed by atoms with van der Waals surface area (Å²) in [6.45, 7) is 5.81. The summed E-state index contributed by atoms with van der Waals surface area (Å²) in [7, 11) is 0. The molecule has 0 aromatic carbocycles. The number of anilines is 1. The van der Waals surface area contributed by atoms with Gasteiger partial charge >= 0.3 is 5.97 Å². The fourth-order valence-corrected chi connectivity index (χ4v) is 1.89. The molecular formula is C9H14N2O2S. The van der Waals surface area contributed by atoms with E-state index in [0.29, 0.717) is 21.7 Å². The summed E-state index contributed by atoms with van der Waals surface area (Å²) >= 11 is 1.19. The van der Waals surface area contributed by atoms with E-state index in [9.17, 15) is 4.79 Å². The lowest BCUT2D eigenvalue weighted by Crippen LogP contribution is -2.12. The van der Waals surface area contributed by atoms with Crippen LogP contribution in [0.1, 0.15) is 35.6 Å². The molecule has 0 spiro atoms. The van der Waals surface area contributed by atoms with Crippen LogP contribution in [-0.4, -0.2) is 22.1 Å². The van der Waals surface area contributed by atoms with Crippen molar-refractivity contribution in [3.8, 4) is 0 Å².